The minimum Gasteiger partial charge on any atom is -0.508 e. The van der Waals surface area contributed by atoms with Crippen LogP contribution in [0.1, 0.15) is 34.6 Å². The van der Waals surface area contributed by atoms with E-state index in [1.54, 1.807) is 13.8 Å². The summed E-state index contributed by atoms with van der Waals surface area (Å²) in [6.45, 7) is 2.96. The molecule has 2 amide bonds. The van der Waals surface area contributed by atoms with Crippen molar-refractivity contribution >= 4 is 23.8 Å². The van der Waals surface area contributed by atoms with Crippen molar-refractivity contribution in [2.45, 2.75) is 13.8 Å². The van der Waals surface area contributed by atoms with Crippen LogP contribution in [-0.2, 0) is 19.1 Å². The van der Waals surface area contributed by atoms with Gasteiger partial charge in [0.2, 0.25) is 0 Å². The smallest absolute Gasteiger partial charge is 0.325 e. The first-order chi connectivity index (χ1) is 11.9. The highest BCUT2D eigenvalue weighted by Gasteiger charge is 2.15. The molecule has 0 spiro atoms. The van der Waals surface area contributed by atoms with Crippen LogP contribution >= 0.6 is 0 Å². The van der Waals surface area contributed by atoms with E-state index in [1.807, 2.05) is 0 Å². The third-order valence-electron chi connectivity index (χ3n) is 2.84. The van der Waals surface area contributed by atoms with Crippen molar-refractivity contribution in [1.82, 2.24) is 10.6 Å². The van der Waals surface area contributed by atoms with E-state index in [0.29, 0.717) is 0 Å². The van der Waals surface area contributed by atoms with Gasteiger partial charge in [-0.15, -0.1) is 0 Å². The van der Waals surface area contributed by atoms with Gasteiger partial charge >= 0.3 is 11.9 Å². The molecule has 1 aromatic rings. The lowest BCUT2D eigenvalue weighted by Gasteiger charge is -2.09. The summed E-state index contributed by atoms with van der Waals surface area (Å²) in [6, 6.07) is 3.51. The molecule has 136 valence electrons. The van der Waals surface area contributed by atoms with Crippen molar-refractivity contribution in [2.24, 2.45) is 0 Å². The maximum atomic E-state index is 12.0. The molecule has 0 heterocycles. The van der Waals surface area contributed by atoms with Crippen molar-refractivity contribution in [2.75, 3.05) is 26.3 Å². The van der Waals surface area contributed by atoms with Crippen LogP contribution in [0.5, 0.6) is 5.75 Å². The topological polar surface area (TPSA) is 131 Å². The molecule has 1 rings (SSSR count). The second-order valence-corrected chi connectivity index (χ2v) is 4.74. The Kier molecular flexibility index (Phi) is 7.91. The number of nitrogens with one attached hydrogen (secondary N) is 2. The van der Waals surface area contributed by atoms with E-state index in [4.69, 9.17) is 0 Å². The van der Waals surface area contributed by atoms with Gasteiger partial charge in [-0.2, -0.15) is 0 Å². The fraction of sp³-hybridized carbons (Fsp3) is 0.375. The van der Waals surface area contributed by atoms with Crippen molar-refractivity contribution < 1.29 is 33.8 Å². The molecule has 0 aromatic heterocycles. The average molecular weight is 352 g/mol. The molecule has 0 atom stereocenters. The van der Waals surface area contributed by atoms with Crippen LogP contribution in [0.4, 0.5) is 0 Å². The first-order valence-electron chi connectivity index (χ1n) is 7.59. The largest absolute Gasteiger partial charge is 0.508 e. The van der Waals surface area contributed by atoms with E-state index in [2.05, 4.69) is 20.1 Å². The molecule has 0 radical (unpaired) electrons. The SMILES string of the molecule is CCOC(=O)CNC(=O)c1cc(O)cc(C(=O)NCC(=O)OCC)c1. The third-order valence-corrected chi connectivity index (χ3v) is 2.84. The average Bonchev–Trinajstić information content (AvgIpc) is 2.57. The second-order valence-electron chi connectivity index (χ2n) is 4.74. The molecular formula is C16H20N2O7. The highest BCUT2D eigenvalue weighted by molar-refractivity contribution is 6.01. The standard InChI is InChI=1S/C16H20N2O7/c1-3-24-13(20)8-17-15(22)10-5-11(7-12(19)6-10)16(23)18-9-14(21)25-4-2/h5-7,19H,3-4,8-9H2,1-2H3,(H,17,22)(H,18,23). The number of hydrogen-bond acceptors (Lipinski definition) is 7. The van der Waals surface area contributed by atoms with E-state index in [0.717, 1.165) is 12.1 Å². The zero-order valence-electron chi connectivity index (χ0n) is 14.0. The predicted molar refractivity (Wildman–Crippen MR) is 86.0 cm³/mol. The summed E-state index contributed by atoms with van der Waals surface area (Å²) < 4.78 is 9.35. The van der Waals surface area contributed by atoms with E-state index in [-0.39, 0.29) is 43.2 Å². The summed E-state index contributed by atoms with van der Waals surface area (Å²) in [5, 5.41) is 14.3. The number of carbonyl (C=O) groups is 4. The van der Waals surface area contributed by atoms with Crippen molar-refractivity contribution in [1.29, 1.82) is 0 Å². The van der Waals surface area contributed by atoms with Crippen LogP contribution in [0.3, 0.4) is 0 Å². The number of benzene rings is 1. The summed E-state index contributed by atoms with van der Waals surface area (Å²) in [5.41, 5.74) is -0.0452. The summed E-state index contributed by atoms with van der Waals surface area (Å²) in [4.78, 5) is 46.4. The molecule has 0 aliphatic rings. The fourth-order valence-electron chi connectivity index (χ4n) is 1.81. The monoisotopic (exact) mass is 352 g/mol. The Bertz CT molecular complexity index is 606. The Morgan fingerprint density at radius 2 is 1.24 bits per heavy atom. The lowest BCUT2D eigenvalue weighted by Crippen LogP contribution is -2.32. The molecule has 0 saturated heterocycles. The highest BCUT2D eigenvalue weighted by atomic mass is 16.5. The summed E-state index contributed by atoms with van der Waals surface area (Å²) >= 11 is 0. The number of carbonyl (C=O) groups excluding carboxylic acids is 4. The molecular weight excluding hydrogens is 332 g/mol. The molecule has 0 bridgehead atoms. The van der Waals surface area contributed by atoms with Gasteiger partial charge in [0, 0.05) is 11.1 Å². The zero-order valence-corrected chi connectivity index (χ0v) is 14.0. The van der Waals surface area contributed by atoms with Gasteiger partial charge < -0.3 is 25.2 Å². The molecule has 9 nitrogen and oxygen atoms in total. The first-order valence-corrected chi connectivity index (χ1v) is 7.59. The van der Waals surface area contributed by atoms with Gasteiger partial charge in [-0.05, 0) is 32.0 Å². The minimum absolute atomic E-state index is 0.0226. The molecule has 25 heavy (non-hydrogen) atoms. The molecule has 0 saturated carbocycles. The van der Waals surface area contributed by atoms with Crippen molar-refractivity contribution in [3.63, 3.8) is 0 Å². The van der Waals surface area contributed by atoms with Crippen LogP contribution in [0.2, 0.25) is 0 Å². The number of hydrogen-bond donors (Lipinski definition) is 3. The van der Waals surface area contributed by atoms with Crippen LogP contribution < -0.4 is 10.6 Å². The Hall–Kier alpha value is -3.10. The highest BCUT2D eigenvalue weighted by Crippen LogP contribution is 2.16. The first kappa shape index (κ1) is 19.9. The number of aromatic hydroxyl groups is 1. The molecule has 3 N–H and O–H groups in total. The number of phenolic OH excluding ortho intramolecular Hbond substituents is 1. The number of rotatable bonds is 8. The Labute approximate surface area is 144 Å². The fourth-order valence-corrected chi connectivity index (χ4v) is 1.81. The molecule has 9 heteroatoms. The lowest BCUT2D eigenvalue weighted by atomic mass is 10.1. The molecule has 1 aromatic carbocycles. The Morgan fingerprint density at radius 3 is 1.60 bits per heavy atom. The molecule has 0 aliphatic carbocycles. The Balaban J connectivity index is 2.74. The molecule has 0 fully saturated rings. The van der Waals surface area contributed by atoms with E-state index in [1.165, 1.54) is 6.07 Å². The minimum atomic E-state index is -0.664. The number of phenols is 1. The number of ether oxygens (including phenoxy) is 2. The maximum absolute atomic E-state index is 12.0. The Morgan fingerprint density at radius 1 is 0.840 bits per heavy atom. The number of esters is 2. The van der Waals surface area contributed by atoms with Crippen molar-refractivity contribution in [3.05, 3.63) is 29.3 Å². The molecule has 0 unspecified atom stereocenters. The van der Waals surface area contributed by atoms with Gasteiger partial charge in [0.1, 0.15) is 18.8 Å². The summed E-state index contributed by atoms with van der Waals surface area (Å²) in [5.74, 6) is -2.86. The third kappa shape index (κ3) is 6.90. The number of amides is 2. The predicted octanol–water partition coefficient (Wildman–Crippen LogP) is -0.0220. The van der Waals surface area contributed by atoms with Crippen LogP contribution in [0.25, 0.3) is 0 Å². The van der Waals surface area contributed by atoms with Crippen LogP contribution in [-0.4, -0.2) is 55.2 Å². The van der Waals surface area contributed by atoms with Crippen LogP contribution in [0.15, 0.2) is 18.2 Å². The van der Waals surface area contributed by atoms with Gasteiger partial charge in [-0.1, -0.05) is 0 Å². The van der Waals surface area contributed by atoms with Gasteiger partial charge in [-0.3, -0.25) is 19.2 Å². The second kappa shape index (κ2) is 9.91. The van der Waals surface area contributed by atoms with E-state index in [9.17, 15) is 24.3 Å². The summed E-state index contributed by atoms with van der Waals surface area (Å²) in [7, 11) is 0. The van der Waals surface area contributed by atoms with E-state index >= 15 is 0 Å². The normalized spacial score (nSPS) is 9.84. The van der Waals surface area contributed by atoms with Gasteiger partial charge in [-0.25, -0.2) is 0 Å². The van der Waals surface area contributed by atoms with Gasteiger partial charge in [0.25, 0.3) is 11.8 Å². The molecule has 0 aliphatic heterocycles. The quantitative estimate of drug-likeness (QED) is 0.560. The van der Waals surface area contributed by atoms with Gasteiger partial charge in [0.05, 0.1) is 13.2 Å². The van der Waals surface area contributed by atoms with Gasteiger partial charge in [0.15, 0.2) is 0 Å². The van der Waals surface area contributed by atoms with Crippen molar-refractivity contribution in [3.8, 4) is 5.75 Å². The van der Waals surface area contributed by atoms with E-state index < -0.39 is 23.8 Å². The maximum Gasteiger partial charge on any atom is 0.325 e. The van der Waals surface area contributed by atoms with Crippen LogP contribution in [0, 0.1) is 0 Å². The summed E-state index contributed by atoms with van der Waals surface area (Å²) in [6.07, 6.45) is 0. The zero-order chi connectivity index (χ0) is 18.8. The lowest BCUT2D eigenvalue weighted by molar-refractivity contribution is -0.142.